The van der Waals surface area contributed by atoms with Crippen LogP contribution < -0.4 is 5.73 Å². The molecule has 2 rings (SSSR count). The van der Waals surface area contributed by atoms with E-state index in [2.05, 4.69) is 0 Å². The van der Waals surface area contributed by atoms with Crippen molar-refractivity contribution in [2.75, 3.05) is 14.2 Å². The van der Waals surface area contributed by atoms with Crippen LogP contribution in [0, 0.1) is 0 Å². The number of nitrogens with zero attached hydrogens (tertiary/aromatic N) is 1. The second-order valence-electron chi connectivity index (χ2n) is 4.83. The Balaban J connectivity index is 2.20. The van der Waals surface area contributed by atoms with Crippen LogP contribution in [0.2, 0.25) is 0 Å². The fraction of sp³-hybridized carbons (Fsp3) is 0.500. The molecule has 0 aliphatic carbocycles. The van der Waals surface area contributed by atoms with E-state index >= 15 is 0 Å². The lowest BCUT2D eigenvalue weighted by molar-refractivity contribution is -0.135. The summed E-state index contributed by atoms with van der Waals surface area (Å²) in [6.45, 7) is 0.603. The maximum atomic E-state index is 11.7. The van der Waals surface area contributed by atoms with Crippen molar-refractivity contribution in [1.29, 1.82) is 0 Å². The molecule has 18 heavy (non-hydrogen) atoms. The first kappa shape index (κ1) is 13.1. The molecule has 0 spiro atoms. The van der Waals surface area contributed by atoms with Crippen molar-refractivity contribution in [2.45, 2.75) is 31.5 Å². The molecule has 2 atom stereocenters. The predicted octanol–water partition coefficient (Wildman–Crippen LogP) is 1.45. The Bertz CT molecular complexity index is 416. The maximum Gasteiger partial charge on any atom is 0.222 e. The molecule has 1 aliphatic rings. The van der Waals surface area contributed by atoms with Crippen LogP contribution in [-0.2, 0) is 16.1 Å². The van der Waals surface area contributed by atoms with E-state index in [-0.39, 0.29) is 18.0 Å². The van der Waals surface area contributed by atoms with Crippen LogP contribution in [0.1, 0.15) is 30.0 Å². The molecule has 4 heteroatoms. The van der Waals surface area contributed by atoms with Crippen LogP contribution in [0.3, 0.4) is 0 Å². The highest BCUT2D eigenvalue weighted by Gasteiger charge is 2.32. The van der Waals surface area contributed by atoms with Crippen molar-refractivity contribution < 1.29 is 9.53 Å². The number of nitrogens with two attached hydrogens (primary N) is 1. The SMILES string of the molecule is COCc1ccc(C2C(N)CCC(=O)N2C)cc1. The van der Waals surface area contributed by atoms with Gasteiger partial charge in [-0.2, -0.15) is 0 Å². The summed E-state index contributed by atoms with van der Waals surface area (Å²) in [7, 11) is 3.51. The minimum atomic E-state index is -0.0113. The van der Waals surface area contributed by atoms with E-state index in [4.69, 9.17) is 10.5 Å². The summed E-state index contributed by atoms with van der Waals surface area (Å²) in [5.74, 6) is 0.169. The summed E-state index contributed by atoms with van der Waals surface area (Å²) < 4.78 is 5.08. The lowest BCUT2D eigenvalue weighted by Gasteiger charge is -2.37. The predicted molar refractivity (Wildman–Crippen MR) is 69.9 cm³/mol. The molecule has 4 nitrogen and oxygen atoms in total. The van der Waals surface area contributed by atoms with Gasteiger partial charge in [0.25, 0.3) is 0 Å². The third-order valence-corrected chi connectivity index (χ3v) is 3.54. The molecular weight excluding hydrogens is 228 g/mol. The fourth-order valence-electron chi connectivity index (χ4n) is 2.52. The minimum absolute atomic E-state index is 0.0113. The van der Waals surface area contributed by atoms with Gasteiger partial charge < -0.3 is 15.4 Å². The van der Waals surface area contributed by atoms with E-state index in [0.29, 0.717) is 13.0 Å². The Hall–Kier alpha value is -1.39. The summed E-state index contributed by atoms with van der Waals surface area (Å²) in [6, 6.07) is 8.13. The molecule has 2 N–H and O–H groups in total. The van der Waals surface area contributed by atoms with Crippen LogP contribution in [0.15, 0.2) is 24.3 Å². The summed E-state index contributed by atoms with van der Waals surface area (Å²) in [5.41, 5.74) is 8.36. The molecule has 0 bridgehead atoms. The topological polar surface area (TPSA) is 55.6 Å². The average molecular weight is 248 g/mol. The Morgan fingerprint density at radius 3 is 2.67 bits per heavy atom. The first-order chi connectivity index (χ1) is 8.63. The van der Waals surface area contributed by atoms with Crippen molar-refractivity contribution >= 4 is 5.91 Å². The minimum Gasteiger partial charge on any atom is -0.380 e. The molecule has 98 valence electrons. The highest BCUT2D eigenvalue weighted by molar-refractivity contribution is 5.77. The van der Waals surface area contributed by atoms with Gasteiger partial charge in [0.05, 0.1) is 12.6 Å². The van der Waals surface area contributed by atoms with Crippen molar-refractivity contribution in [1.82, 2.24) is 4.90 Å². The Kier molecular flexibility index (Phi) is 3.99. The van der Waals surface area contributed by atoms with E-state index in [1.807, 2.05) is 31.3 Å². The molecule has 1 aromatic carbocycles. The summed E-state index contributed by atoms with van der Waals surface area (Å²) >= 11 is 0. The highest BCUT2D eigenvalue weighted by atomic mass is 16.5. The van der Waals surface area contributed by atoms with Crippen molar-refractivity contribution in [3.05, 3.63) is 35.4 Å². The van der Waals surface area contributed by atoms with Gasteiger partial charge in [-0.25, -0.2) is 0 Å². The Morgan fingerprint density at radius 2 is 2.06 bits per heavy atom. The van der Waals surface area contributed by atoms with Gasteiger partial charge in [-0.15, -0.1) is 0 Å². The number of carbonyl (C=O) groups excluding carboxylic acids is 1. The van der Waals surface area contributed by atoms with Gasteiger partial charge in [0.2, 0.25) is 5.91 Å². The lowest BCUT2D eigenvalue weighted by Crippen LogP contribution is -2.46. The van der Waals surface area contributed by atoms with Crippen LogP contribution >= 0.6 is 0 Å². The molecule has 1 heterocycles. The lowest BCUT2D eigenvalue weighted by atomic mass is 9.91. The van der Waals surface area contributed by atoms with Crippen molar-refractivity contribution in [3.8, 4) is 0 Å². The van der Waals surface area contributed by atoms with Gasteiger partial charge in [0.1, 0.15) is 0 Å². The number of carbonyl (C=O) groups is 1. The molecule has 0 saturated carbocycles. The summed E-state index contributed by atoms with van der Waals surface area (Å²) in [5, 5.41) is 0. The number of likely N-dealkylation sites (N-methyl/N-ethyl adjacent to an activating group) is 1. The average Bonchev–Trinajstić information content (AvgIpc) is 2.37. The van der Waals surface area contributed by atoms with Crippen molar-refractivity contribution in [2.24, 2.45) is 5.73 Å². The number of rotatable bonds is 3. The van der Waals surface area contributed by atoms with E-state index in [1.54, 1.807) is 12.0 Å². The quantitative estimate of drug-likeness (QED) is 0.881. The molecule has 1 amide bonds. The zero-order valence-electron chi connectivity index (χ0n) is 10.9. The molecule has 0 aromatic heterocycles. The van der Waals surface area contributed by atoms with Gasteiger partial charge in [-0.3, -0.25) is 4.79 Å². The number of likely N-dealkylation sites (tertiary alicyclic amines) is 1. The second-order valence-corrected chi connectivity index (χ2v) is 4.83. The summed E-state index contributed by atoms with van der Waals surface area (Å²) in [4.78, 5) is 13.5. The van der Waals surface area contributed by atoms with E-state index in [1.165, 1.54) is 0 Å². The Labute approximate surface area is 108 Å². The molecule has 1 saturated heterocycles. The number of ether oxygens (including phenoxy) is 1. The molecule has 1 fully saturated rings. The van der Waals surface area contributed by atoms with Crippen LogP contribution in [-0.4, -0.2) is 31.0 Å². The van der Waals surface area contributed by atoms with Gasteiger partial charge in [-0.1, -0.05) is 24.3 Å². The maximum absolute atomic E-state index is 11.7. The first-order valence-corrected chi connectivity index (χ1v) is 6.22. The molecular formula is C14H20N2O2. The molecule has 0 radical (unpaired) electrons. The molecule has 1 aromatic rings. The smallest absolute Gasteiger partial charge is 0.222 e. The van der Waals surface area contributed by atoms with Crippen molar-refractivity contribution in [3.63, 3.8) is 0 Å². The third kappa shape index (κ3) is 2.54. The number of hydrogen-bond donors (Lipinski definition) is 1. The normalized spacial score (nSPS) is 24.4. The zero-order chi connectivity index (χ0) is 13.1. The Morgan fingerprint density at radius 1 is 1.39 bits per heavy atom. The van der Waals surface area contributed by atoms with Crippen LogP contribution in [0.5, 0.6) is 0 Å². The van der Waals surface area contributed by atoms with Gasteiger partial charge in [-0.05, 0) is 17.5 Å². The van der Waals surface area contributed by atoms with E-state index in [0.717, 1.165) is 17.5 Å². The number of hydrogen-bond acceptors (Lipinski definition) is 3. The van der Waals surface area contributed by atoms with E-state index in [9.17, 15) is 4.79 Å². The largest absolute Gasteiger partial charge is 0.380 e. The van der Waals surface area contributed by atoms with Crippen LogP contribution in [0.25, 0.3) is 0 Å². The third-order valence-electron chi connectivity index (χ3n) is 3.54. The fourth-order valence-corrected chi connectivity index (χ4v) is 2.52. The zero-order valence-corrected chi connectivity index (χ0v) is 10.9. The van der Waals surface area contributed by atoms with Gasteiger partial charge in [0, 0.05) is 26.6 Å². The number of piperidine rings is 1. The van der Waals surface area contributed by atoms with Gasteiger partial charge >= 0.3 is 0 Å². The summed E-state index contributed by atoms with van der Waals surface area (Å²) in [6.07, 6.45) is 1.31. The second kappa shape index (κ2) is 5.50. The number of benzene rings is 1. The monoisotopic (exact) mass is 248 g/mol. The number of methoxy groups -OCH3 is 1. The highest BCUT2D eigenvalue weighted by Crippen LogP contribution is 2.29. The van der Waals surface area contributed by atoms with Gasteiger partial charge in [0.15, 0.2) is 0 Å². The van der Waals surface area contributed by atoms with E-state index < -0.39 is 0 Å². The molecule has 1 aliphatic heterocycles. The standard InChI is InChI=1S/C14H20N2O2/c1-16-13(17)8-7-12(15)14(16)11-5-3-10(4-6-11)9-18-2/h3-6,12,14H,7-9,15H2,1-2H3. The first-order valence-electron chi connectivity index (χ1n) is 6.22. The molecule has 2 unspecified atom stereocenters. The van der Waals surface area contributed by atoms with Crippen LogP contribution in [0.4, 0.5) is 0 Å². The number of amides is 1.